The number of para-hydroxylation sites is 2. The first-order valence-electron chi connectivity index (χ1n) is 12.6. The summed E-state index contributed by atoms with van der Waals surface area (Å²) in [5, 5.41) is 0. The van der Waals surface area contributed by atoms with Gasteiger partial charge in [0.05, 0.1) is 29.7 Å². The number of hydrogen-bond donors (Lipinski definition) is 0. The molecule has 0 aliphatic carbocycles. The van der Waals surface area contributed by atoms with Crippen molar-refractivity contribution in [3.8, 4) is 22.9 Å². The summed E-state index contributed by atoms with van der Waals surface area (Å²) in [6.45, 7) is 2.74. The summed E-state index contributed by atoms with van der Waals surface area (Å²) in [5.74, 6) is 0.437. The van der Waals surface area contributed by atoms with E-state index in [0.29, 0.717) is 29.2 Å². The monoisotopic (exact) mass is 546 g/mol. The molecule has 9 heteroatoms. The smallest absolute Gasteiger partial charge is 0.489 e. The summed E-state index contributed by atoms with van der Waals surface area (Å²) < 4.78 is 55.1. The van der Waals surface area contributed by atoms with Gasteiger partial charge in [-0.05, 0) is 72.6 Å². The van der Waals surface area contributed by atoms with Crippen LogP contribution in [0.5, 0.6) is 11.5 Å². The molecule has 1 heterocycles. The van der Waals surface area contributed by atoms with E-state index in [1.165, 1.54) is 12.1 Å². The van der Waals surface area contributed by atoms with Crippen molar-refractivity contribution in [2.45, 2.75) is 26.4 Å². The fourth-order valence-corrected chi connectivity index (χ4v) is 4.37. The zero-order chi connectivity index (χ0) is 28.1. The maximum absolute atomic E-state index is 12.6. The Morgan fingerprint density at radius 2 is 1.57 bits per heavy atom. The highest BCUT2D eigenvalue weighted by Gasteiger charge is 2.31. The average molecular weight is 547 g/mol. The second-order valence-electron chi connectivity index (χ2n) is 8.89. The van der Waals surface area contributed by atoms with Crippen molar-refractivity contribution in [1.82, 2.24) is 9.55 Å². The summed E-state index contributed by atoms with van der Waals surface area (Å²) in [7, 11) is 0. The molecule has 6 nitrogen and oxygen atoms in total. The minimum atomic E-state index is -4.76. The van der Waals surface area contributed by atoms with E-state index in [9.17, 15) is 18.0 Å². The Hall–Kier alpha value is -4.79. The van der Waals surface area contributed by atoms with Gasteiger partial charge in [0.15, 0.2) is 0 Å². The van der Waals surface area contributed by atoms with Crippen LogP contribution in [0.4, 0.5) is 13.2 Å². The lowest BCUT2D eigenvalue weighted by atomic mass is 10.1. The average Bonchev–Trinajstić information content (AvgIpc) is 3.31. The predicted octanol–water partition coefficient (Wildman–Crippen LogP) is 7.41. The second kappa shape index (κ2) is 11.5. The number of alkyl halides is 3. The van der Waals surface area contributed by atoms with Gasteiger partial charge < -0.3 is 18.8 Å². The number of carbonyl (C=O) groups excluding carboxylic acids is 1. The Bertz CT molecular complexity index is 1630. The van der Waals surface area contributed by atoms with Crippen LogP contribution in [-0.2, 0) is 17.9 Å². The molecule has 1 aromatic heterocycles. The highest BCUT2D eigenvalue weighted by Crippen LogP contribution is 2.30. The number of carbonyl (C=O) groups is 1. The first-order chi connectivity index (χ1) is 19.3. The van der Waals surface area contributed by atoms with Gasteiger partial charge in [0, 0.05) is 5.56 Å². The fourth-order valence-electron chi connectivity index (χ4n) is 4.37. The number of halogens is 3. The number of rotatable bonds is 9. The molecule has 0 aliphatic heterocycles. The van der Waals surface area contributed by atoms with E-state index in [4.69, 9.17) is 14.5 Å². The Morgan fingerprint density at radius 1 is 0.850 bits per heavy atom. The number of esters is 1. The van der Waals surface area contributed by atoms with Crippen LogP contribution >= 0.6 is 0 Å². The lowest BCUT2D eigenvalue weighted by molar-refractivity contribution is -0.274. The van der Waals surface area contributed by atoms with Crippen LogP contribution in [0.25, 0.3) is 22.4 Å². The molecule has 0 unspecified atom stereocenters. The molecule has 0 bridgehead atoms. The molecule has 0 fully saturated rings. The second-order valence-corrected chi connectivity index (χ2v) is 8.89. The Kier molecular flexibility index (Phi) is 7.72. The Morgan fingerprint density at radius 3 is 2.33 bits per heavy atom. The quantitative estimate of drug-likeness (QED) is 0.180. The van der Waals surface area contributed by atoms with Gasteiger partial charge in [-0.1, -0.05) is 42.5 Å². The van der Waals surface area contributed by atoms with Gasteiger partial charge in [-0.2, -0.15) is 0 Å². The van der Waals surface area contributed by atoms with Gasteiger partial charge in [-0.25, -0.2) is 9.78 Å². The molecule has 0 saturated heterocycles. The van der Waals surface area contributed by atoms with Crippen molar-refractivity contribution >= 4 is 17.0 Å². The minimum absolute atomic E-state index is 0.258. The lowest BCUT2D eigenvalue weighted by Crippen LogP contribution is -2.17. The molecule has 5 rings (SSSR count). The molecule has 204 valence electrons. The number of aromatic nitrogens is 2. The summed E-state index contributed by atoms with van der Waals surface area (Å²) in [6.07, 6.45) is -4.76. The molecular formula is C31H25F3N2O4. The van der Waals surface area contributed by atoms with Gasteiger partial charge in [0.2, 0.25) is 0 Å². The van der Waals surface area contributed by atoms with Crippen molar-refractivity contribution in [1.29, 1.82) is 0 Å². The molecule has 5 aromatic rings. The largest absolute Gasteiger partial charge is 0.573 e. The first kappa shape index (κ1) is 26.8. The highest BCUT2D eigenvalue weighted by molar-refractivity contribution is 5.89. The number of hydrogen-bond acceptors (Lipinski definition) is 5. The number of nitrogens with zero attached hydrogens (tertiary/aromatic N) is 2. The van der Waals surface area contributed by atoms with Gasteiger partial charge in [-0.15, -0.1) is 13.2 Å². The zero-order valence-electron chi connectivity index (χ0n) is 21.5. The van der Waals surface area contributed by atoms with Crippen molar-refractivity contribution in [2.75, 3.05) is 6.61 Å². The molecule has 0 spiro atoms. The van der Waals surface area contributed by atoms with Crippen LogP contribution in [0.15, 0.2) is 97.1 Å². The third-order valence-electron chi connectivity index (χ3n) is 6.19. The lowest BCUT2D eigenvalue weighted by Gasteiger charge is -2.15. The van der Waals surface area contributed by atoms with E-state index in [1.807, 2.05) is 53.1 Å². The molecule has 4 aromatic carbocycles. The molecule has 0 radical (unpaired) electrons. The van der Waals surface area contributed by atoms with Crippen LogP contribution in [0.1, 0.15) is 28.4 Å². The normalized spacial score (nSPS) is 11.4. The number of ether oxygens (including phenoxy) is 3. The molecule has 0 atom stereocenters. The topological polar surface area (TPSA) is 62.6 Å². The van der Waals surface area contributed by atoms with E-state index < -0.39 is 12.3 Å². The van der Waals surface area contributed by atoms with Crippen molar-refractivity contribution in [3.63, 3.8) is 0 Å². The van der Waals surface area contributed by atoms with Gasteiger partial charge >= 0.3 is 12.3 Å². The number of benzene rings is 4. The third-order valence-corrected chi connectivity index (χ3v) is 6.19. The summed E-state index contributed by atoms with van der Waals surface area (Å²) in [5.41, 5.74) is 4.61. The van der Waals surface area contributed by atoms with Crippen LogP contribution in [-0.4, -0.2) is 28.5 Å². The predicted molar refractivity (Wildman–Crippen MR) is 144 cm³/mol. The molecular weight excluding hydrogens is 521 g/mol. The minimum Gasteiger partial charge on any atom is -0.489 e. The summed E-state index contributed by atoms with van der Waals surface area (Å²) >= 11 is 0. The van der Waals surface area contributed by atoms with Crippen molar-refractivity contribution in [3.05, 3.63) is 114 Å². The SMILES string of the molecule is CCOC(=O)c1cccc(OCc2ccccc2Cn2c(-c3ccc(OC(F)(F)F)cc3)nc3ccccc32)c1. The molecule has 0 aliphatic rings. The van der Waals surface area contributed by atoms with Gasteiger partial charge in [0.1, 0.15) is 23.9 Å². The van der Waals surface area contributed by atoms with E-state index in [1.54, 1.807) is 43.3 Å². The molecule has 0 amide bonds. The zero-order valence-corrected chi connectivity index (χ0v) is 21.5. The van der Waals surface area contributed by atoms with E-state index in [0.717, 1.165) is 22.2 Å². The van der Waals surface area contributed by atoms with Crippen LogP contribution in [0.2, 0.25) is 0 Å². The number of fused-ring (bicyclic) bond motifs is 1. The van der Waals surface area contributed by atoms with E-state index in [-0.39, 0.29) is 19.0 Å². The molecule has 0 N–H and O–H groups in total. The Balaban J connectivity index is 1.42. The van der Waals surface area contributed by atoms with Gasteiger partial charge in [-0.3, -0.25) is 0 Å². The number of imidazole rings is 1. The highest BCUT2D eigenvalue weighted by atomic mass is 19.4. The molecule has 0 saturated carbocycles. The van der Waals surface area contributed by atoms with Crippen LogP contribution in [0, 0.1) is 0 Å². The maximum Gasteiger partial charge on any atom is 0.573 e. The van der Waals surface area contributed by atoms with E-state index in [2.05, 4.69) is 4.74 Å². The Labute approximate surface area is 228 Å². The fraction of sp³-hybridized carbons (Fsp3) is 0.161. The first-order valence-corrected chi connectivity index (χ1v) is 12.6. The molecule has 40 heavy (non-hydrogen) atoms. The van der Waals surface area contributed by atoms with Crippen LogP contribution < -0.4 is 9.47 Å². The van der Waals surface area contributed by atoms with Crippen LogP contribution in [0.3, 0.4) is 0 Å². The third kappa shape index (κ3) is 6.26. The van der Waals surface area contributed by atoms with Gasteiger partial charge in [0.25, 0.3) is 0 Å². The standard InChI is InChI=1S/C31H25F3N2O4/c1-2-38-30(37)22-10-7-11-26(18-22)39-20-24-9-4-3-8-23(24)19-36-28-13-6-5-12-27(28)35-29(36)21-14-16-25(17-15-21)40-31(32,33)34/h3-18H,2,19-20H2,1H3. The van der Waals surface area contributed by atoms with E-state index >= 15 is 0 Å². The van der Waals surface area contributed by atoms with Crippen molar-refractivity contribution in [2.24, 2.45) is 0 Å². The summed E-state index contributed by atoms with van der Waals surface area (Å²) in [4.78, 5) is 16.9. The maximum atomic E-state index is 12.6. The summed E-state index contributed by atoms with van der Waals surface area (Å²) in [6, 6.07) is 28.0. The van der Waals surface area contributed by atoms with Crippen molar-refractivity contribution < 1.29 is 32.2 Å².